The van der Waals surface area contributed by atoms with Gasteiger partial charge in [0, 0.05) is 29.7 Å². The van der Waals surface area contributed by atoms with Crippen LogP contribution in [-0.2, 0) is 11.3 Å². The summed E-state index contributed by atoms with van der Waals surface area (Å²) >= 11 is 0. The Labute approximate surface area is 158 Å². The summed E-state index contributed by atoms with van der Waals surface area (Å²) in [6.07, 6.45) is 4.77. The van der Waals surface area contributed by atoms with Crippen molar-refractivity contribution in [3.63, 3.8) is 0 Å². The van der Waals surface area contributed by atoms with Crippen LogP contribution in [0.3, 0.4) is 0 Å². The third kappa shape index (κ3) is 5.86. The Hall–Kier alpha value is -3.32. The highest BCUT2D eigenvalue weighted by molar-refractivity contribution is 5.95. The minimum atomic E-state index is -1.03. The molecule has 1 amide bonds. The summed E-state index contributed by atoms with van der Waals surface area (Å²) in [7, 11) is 0. The fraction of sp³-hybridized carbons (Fsp3) is 0.217. The number of hydrogen-bond acceptors (Lipinski definition) is 2. The maximum absolute atomic E-state index is 12.6. The molecule has 27 heavy (non-hydrogen) atoms. The predicted octanol–water partition coefficient (Wildman–Crippen LogP) is 3.78. The van der Waals surface area contributed by atoms with Gasteiger partial charge in [-0.2, -0.15) is 0 Å². The van der Waals surface area contributed by atoms with Gasteiger partial charge in [-0.05, 0) is 55.2 Å². The molecule has 136 valence electrons. The second kappa shape index (κ2) is 8.37. The first-order valence-corrected chi connectivity index (χ1v) is 8.91. The van der Waals surface area contributed by atoms with E-state index in [1.54, 1.807) is 18.2 Å². The van der Waals surface area contributed by atoms with Crippen LogP contribution in [0.5, 0.6) is 0 Å². The van der Waals surface area contributed by atoms with Gasteiger partial charge < -0.3 is 10.4 Å². The Kier molecular flexibility index (Phi) is 5.73. The van der Waals surface area contributed by atoms with E-state index in [4.69, 9.17) is 5.11 Å². The van der Waals surface area contributed by atoms with Gasteiger partial charge in [-0.25, -0.2) is 4.79 Å². The van der Waals surface area contributed by atoms with E-state index in [9.17, 15) is 9.59 Å². The molecule has 0 atom stereocenters. The summed E-state index contributed by atoms with van der Waals surface area (Å²) in [5.74, 6) is 5.47. The number of carbonyl (C=O) groups is 2. The molecule has 3 rings (SSSR count). The summed E-state index contributed by atoms with van der Waals surface area (Å²) in [6.45, 7) is 2.44. The fourth-order valence-corrected chi connectivity index (χ4v) is 2.52. The van der Waals surface area contributed by atoms with Crippen LogP contribution in [0.2, 0.25) is 0 Å². The molecule has 0 bridgehead atoms. The molecule has 0 aromatic heterocycles. The molecule has 1 aliphatic rings. The number of carbonyl (C=O) groups excluding carboxylic acids is 1. The molecule has 0 heterocycles. The predicted molar refractivity (Wildman–Crippen MR) is 105 cm³/mol. The van der Waals surface area contributed by atoms with E-state index in [0.717, 1.165) is 30.0 Å². The van der Waals surface area contributed by atoms with Crippen molar-refractivity contribution in [2.45, 2.75) is 26.3 Å². The highest BCUT2D eigenvalue weighted by Crippen LogP contribution is 2.27. The number of carboxylic acid groups (broad SMARTS) is 1. The van der Waals surface area contributed by atoms with Gasteiger partial charge in [0.1, 0.15) is 0 Å². The summed E-state index contributed by atoms with van der Waals surface area (Å²) in [6, 6.07) is 13.2. The minimum absolute atomic E-state index is 0.212. The lowest BCUT2D eigenvalue weighted by molar-refractivity contribution is -0.131. The molecule has 0 aliphatic heterocycles. The first-order chi connectivity index (χ1) is 13.0. The number of nitrogens with one attached hydrogen (secondary N) is 1. The molecule has 1 fully saturated rings. The first kappa shape index (κ1) is 18.5. The van der Waals surface area contributed by atoms with Crippen molar-refractivity contribution in [3.05, 3.63) is 76.4 Å². The first-order valence-electron chi connectivity index (χ1n) is 8.91. The lowest BCUT2D eigenvalue weighted by atomic mass is 10.0. The molecule has 4 heteroatoms. The molecule has 0 unspecified atom stereocenters. The molecule has 0 radical (unpaired) electrons. The van der Waals surface area contributed by atoms with Gasteiger partial charge in [0.25, 0.3) is 5.91 Å². The average molecular weight is 359 g/mol. The number of rotatable bonds is 5. The lowest BCUT2D eigenvalue weighted by Gasteiger charge is -2.08. The van der Waals surface area contributed by atoms with E-state index in [1.165, 1.54) is 11.6 Å². The van der Waals surface area contributed by atoms with Gasteiger partial charge in [0.2, 0.25) is 0 Å². The second-order valence-corrected chi connectivity index (χ2v) is 6.73. The Morgan fingerprint density at radius 3 is 2.59 bits per heavy atom. The maximum Gasteiger partial charge on any atom is 0.328 e. The molecule has 1 aliphatic carbocycles. The average Bonchev–Trinajstić information content (AvgIpc) is 3.48. The van der Waals surface area contributed by atoms with Crippen LogP contribution < -0.4 is 5.32 Å². The van der Waals surface area contributed by atoms with E-state index >= 15 is 0 Å². The van der Waals surface area contributed by atoms with E-state index < -0.39 is 5.97 Å². The van der Waals surface area contributed by atoms with Gasteiger partial charge >= 0.3 is 5.97 Å². The van der Waals surface area contributed by atoms with E-state index in [0.29, 0.717) is 23.6 Å². The summed E-state index contributed by atoms with van der Waals surface area (Å²) < 4.78 is 0. The van der Waals surface area contributed by atoms with Gasteiger partial charge in [-0.15, -0.1) is 0 Å². The molecule has 0 saturated heterocycles. The number of benzene rings is 2. The second-order valence-electron chi connectivity index (χ2n) is 6.73. The van der Waals surface area contributed by atoms with Gasteiger partial charge in [-0.1, -0.05) is 41.7 Å². The molecule has 2 aromatic carbocycles. The Balaban J connectivity index is 1.78. The van der Waals surface area contributed by atoms with Crippen LogP contribution in [0.1, 0.15) is 45.5 Å². The molecule has 2 N–H and O–H groups in total. The maximum atomic E-state index is 12.6. The van der Waals surface area contributed by atoms with E-state index in [-0.39, 0.29) is 5.91 Å². The third-order valence-electron chi connectivity index (χ3n) is 4.21. The van der Waals surface area contributed by atoms with Crippen molar-refractivity contribution in [2.75, 3.05) is 0 Å². The van der Waals surface area contributed by atoms with Crippen LogP contribution in [0.25, 0.3) is 6.08 Å². The Morgan fingerprint density at radius 1 is 1.19 bits per heavy atom. The number of amides is 1. The number of aryl methyl sites for hydroxylation is 1. The highest BCUT2D eigenvalue weighted by Gasteiger charge is 2.17. The monoisotopic (exact) mass is 359 g/mol. The summed E-state index contributed by atoms with van der Waals surface area (Å²) in [5.41, 5.74) is 4.01. The van der Waals surface area contributed by atoms with Crippen LogP contribution in [-0.4, -0.2) is 17.0 Å². The zero-order chi connectivity index (χ0) is 19.2. The van der Waals surface area contributed by atoms with Crippen molar-refractivity contribution in [3.8, 4) is 11.8 Å². The topological polar surface area (TPSA) is 66.4 Å². The van der Waals surface area contributed by atoms with E-state index in [2.05, 4.69) is 17.2 Å². The van der Waals surface area contributed by atoms with Gasteiger partial charge in [-0.3, -0.25) is 4.79 Å². The van der Waals surface area contributed by atoms with Crippen molar-refractivity contribution in [2.24, 2.45) is 5.92 Å². The zero-order valence-corrected chi connectivity index (χ0v) is 15.2. The molecule has 1 saturated carbocycles. The molecular weight excluding hydrogens is 338 g/mol. The normalized spacial score (nSPS) is 13.1. The van der Waals surface area contributed by atoms with Crippen LogP contribution >= 0.6 is 0 Å². The Morgan fingerprint density at radius 2 is 1.93 bits per heavy atom. The van der Waals surface area contributed by atoms with Crippen molar-refractivity contribution >= 4 is 18.0 Å². The lowest BCUT2D eigenvalue weighted by Crippen LogP contribution is -2.23. The molecule has 0 spiro atoms. The molecule has 2 aromatic rings. The molecular formula is C23H21NO3. The quantitative estimate of drug-likeness (QED) is 0.631. The minimum Gasteiger partial charge on any atom is -0.478 e. The van der Waals surface area contributed by atoms with E-state index in [1.807, 2.05) is 31.2 Å². The van der Waals surface area contributed by atoms with Crippen molar-refractivity contribution in [1.29, 1.82) is 0 Å². The number of aliphatic carboxylic acids is 1. The van der Waals surface area contributed by atoms with Crippen LogP contribution in [0.4, 0.5) is 0 Å². The standard InChI is InChI=1S/C23H21NO3/c1-16-2-4-18(5-3-16)15-24-23(27)21-13-19(9-8-17-6-7-17)12-20(14-21)10-11-22(25)26/h2-5,10-14,17H,6-7,15H2,1H3,(H,24,27)(H,25,26)/b11-10+. The van der Waals surface area contributed by atoms with Gasteiger partial charge in [0.15, 0.2) is 0 Å². The highest BCUT2D eigenvalue weighted by atomic mass is 16.4. The van der Waals surface area contributed by atoms with Gasteiger partial charge in [0.05, 0.1) is 0 Å². The summed E-state index contributed by atoms with van der Waals surface area (Å²) in [5, 5.41) is 11.7. The number of hydrogen-bond donors (Lipinski definition) is 2. The third-order valence-corrected chi connectivity index (χ3v) is 4.21. The van der Waals surface area contributed by atoms with Crippen LogP contribution in [0, 0.1) is 24.7 Å². The summed E-state index contributed by atoms with van der Waals surface area (Å²) in [4.78, 5) is 23.4. The Bertz CT molecular complexity index is 942. The SMILES string of the molecule is Cc1ccc(CNC(=O)c2cc(C#CC3CC3)cc(/C=C/C(=O)O)c2)cc1. The zero-order valence-electron chi connectivity index (χ0n) is 15.2. The largest absolute Gasteiger partial charge is 0.478 e. The fourth-order valence-electron chi connectivity index (χ4n) is 2.52. The number of carboxylic acids is 1. The van der Waals surface area contributed by atoms with Crippen molar-refractivity contribution < 1.29 is 14.7 Å². The smallest absolute Gasteiger partial charge is 0.328 e. The molecule has 4 nitrogen and oxygen atoms in total. The van der Waals surface area contributed by atoms with Crippen molar-refractivity contribution in [1.82, 2.24) is 5.32 Å². The van der Waals surface area contributed by atoms with Crippen LogP contribution in [0.15, 0.2) is 48.5 Å².